The van der Waals surface area contributed by atoms with E-state index in [1.165, 1.54) is 0 Å². The smallest absolute Gasteiger partial charge is 0.228 e. The highest BCUT2D eigenvalue weighted by Crippen LogP contribution is 2.33. The van der Waals surface area contributed by atoms with Gasteiger partial charge in [0.05, 0.1) is 17.8 Å². The standard InChI is InChI=1S/C13H19N3O/c1-3-5-16(4-2)12-8-11-9(6-10(12)14)7-13(17)15-11/h6,8H,3-5,7,14H2,1-2H3,(H,15,17). The van der Waals surface area contributed by atoms with E-state index in [2.05, 4.69) is 24.1 Å². The van der Waals surface area contributed by atoms with E-state index in [9.17, 15) is 4.79 Å². The molecule has 1 amide bonds. The lowest BCUT2D eigenvalue weighted by Gasteiger charge is -2.24. The Morgan fingerprint density at radius 3 is 2.82 bits per heavy atom. The highest BCUT2D eigenvalue weighted by molar-refractivity contribution is 6.00. The molecule has 2 rings (SSSR count). The van der Waals surface area contributed by atoms with Gasteiger partial charge in [-0.15, -0.1) is 0 Å². The Labute approximate surface area is 102 Å². The van der Waals surface area contributed by atoms with E-state index < -0.39 is 0 Å². The van der Waals surface area contributed by atoms with Gasteiger partial charge in [-0.2, -0.15) is 0 Å². The van der Waals surface area contributed by atoms with Crippen molar-refractivity contribution in [3.63, 3.8) is 0 Å². The van der Waals surface area contributed by atoms with Crippen molar-refractivity contribution in [2.45, 2.75) is 26.7 Å². The van der Waals surface area contributed by atoms with E-state index in [0.29, 0.717) is 6.42 Å². The summed E-state index contributed by atoms with van der Waals surface area (Å²) in [7, 11) is 0. The number of amides is 1. The minimum Gasteiger partial charge on any atom is -0.397 e. The molecule has 1 heterocycles. The predicted molar refractivity (Wildman–Crippen MR) is 71.4 cm³/mol. The van der Waals surface area contributed by atoms with Crippen LogP contribution in [0.5, 0.6) is 0 Å². The maximum atomic E-state index is 11.3. The zero-order chi connectivity index (χ0) is 12.4. The van der Waals surface area contributed by atoms with Gasteiger partial charge in [0.15, 0.2) is 0 Å². The van der Waals surface area contributed by atoms with Gasteiger partial charge < -0.3 is 16.0 Å². The Hall–Kier alpha value is -1.71. The Morgan fingerprint density at radius 2 is 2.18 bits per heavy atom. The lowest BCUT2D eigenvalue weighted by atomic mass is 10.1. The molecule has 0 aromatic heterocycles. The summed E-state index contributed by atoms with van der Waals surface area (Å²) in [6, 6.07) is 3.91. The van der Waals surface area contributed by atoms with E-state index in [-0.39, 0.29) is 5.91 Å². The average molecular weight is 233 g/mol. The summed E-state index contributed by atoms with van der Waals surface area (Å²) in [5, 5.41) is 2.86. The first-order chi connectivity index (χ1) is 8.15. The number of nitrogens with two attached hydrogens (primary N) is 1. The van der Waals surface area contributed by atoms with Crippen molar-refractivity contribution < 1.29 is 4.79 Å². The SMILES string of the molecule is CCCN(CC)c1cc2c(cc1N)CC(=O)N2. The van der Waals surface area contributed by atoms with Crippen LogP contribution in [0, 0.1) is 0 Å². The van der Waals surface area contributed by atoms with Crippen molar-refractivity contribution >= 4 is 23.0 Å². The van der Waals surface area contributed by atoms with Crippen LogP contribution >= 0.6 is 0 Å². The molecule has 0 saturated carbocycles. The Morgan fingerprint density at radius 1 is 1.41 bits per heavy atom. The van der Waals surface area contributed by atoms with Gasteiger partial charge >= 0.3 is 0 Å². The number of rotatable bonds is 4. The lowest BCUT2D eigenvalue weighted by Crippen LogP contribution is -2.24. The second-order valence-corrected chi connectivity index (χ2v) is 4.37. The zero-order valence-corrected chi connectivity index (χ0v) is 10.4. The molecule has 92 valence electrons. The van der Waals surface area contributed by atoms with Crippen LogP contribution in [0.2, 0.25) is 0 Å². The number of anilines is 3. The number of nitrogens with one attached hydrogen (secondary N) is 1. The molecule has 1 aromatic rings. The van der Waals surface area contributed by atoms with Crippen molar-refractivity contribution in [2.75, 3.05) is 29.0 Å². The number of hydrogen-bond acceptors (Lipinski definition) is 3. The number of nitrogen functional groups attached to an aromatic ring is 1. The highest BCUT2D eigenvalue weighted by atomic mass is 16.1. The molecule has 4 heteroatoms. The van der Waals surface area contributed by atoms with Crippen molar-refractivity contribution in [2.24, 2.45) is 0 Å². The van der Waals surface area contributed by atoms with Crippen LogP contribution in [-0.4, -0.2) is 19.0 Å². The molecule has 0 saturated heterocycles. The Balaban J connectivity index is 2.35. The van der Waals surface area contributed by atoms with Gasteiger partial charge in [-0.25, -0.2) is 0 Å². The fourth-order valence-electron chi connectivity index (χ4n) is 2.27. The second-order valence-electron chi connectivity index (χ2n) is 4.37. The molecule has 0 fully saturated rings. The summed E-state index contributed by atoms with van der Waals surface area (Å²) in [6.45, 7) is 6.16. The number of fused-ring (bicyclic) bond motifs is 1. The minimum absolute atomic E-state index is 0.0510. The predicted octanol–water partition coefficient (Wildman–Crippen LogP) is 2.00. The van der Waals surface area contributed by atoms with Crippen LogP contribution in [0.4, 0.5) is 17.1 Å². The van der Waals surface area contributed by atoms with Gasteiger partial charge in [-0.05, 0) is 31.0 Å². The molecule has 0 aliphatic carbocycles. The lowest BCUT2D eigenvalue weighted by molar-refractivity contribution is -0.115. The van der Waals surface area contributed by atoms with Crippen molar-refractivity contribution in [1.29, 1.82) is 0 Å². The number of nitrogens with zero attached hydrogens (tertiary/aromatic N) is 1. The number of benzene rings is 1. The van der Waals surface area contributed by atoms with Crippen molar-refractivity contribution in [3.8, 4) is 0 Å². The van der Waals surface area contributed by atoms with Gasteiger partial charge in [0.2, 0.25) is 5.91 Å². The molecule has 0 unspecified atom stereocenters. The molecule has 0 radical (unpaired) electrons. The van der Waals surface area contributed by atoms with Gasteiger partial charge in [0.25, 0.3) is 0 Å². The molecule has 3 N–H and O–H groups in total. The number of carbonyl (C=O) groups excluding carboxylic acids is 1. The number of hydrogen-bond donors (Lipinski definition) is 2. The third-order valence-corrected chi connectivity index (χ3v) is 3.09. The molecule has 1 aliphatic rings. The quantitative estimate of drug-likeness (QED) is 0.782. The first kappa shape index (κ1) is 11.8. The van der Waals surface area contributed by atoms with Gasteiger partial charge in [-0.1, -0.05) is 6.92 Å². The van der Waals surface area contributed by atoms with Gasteiger partial charge in [0.1, 0.15) is 0 Å². The Kier molecular flexibility index (Phi) is 3.22. The largest absolute Gasteiger partial charge is 0.397 e. The minimum atomic E-state index is 0.0510. The first-order valence-corrected chi connectivity index (χ1v) is 6.12. The van der Waals surface area contributed by atoms with E-state index in [1.807, 2.05) is 12.1 Å². The van der Waals surface area contributed by atoms with E-state index >= 15 is 0 Å². The molecule has 0 spiro atoms. The van der Waals surface area contributed by atoms with E-state index in [1.54, 1.807) is 0 Å². The normalized spacial score (nSPS) is 13.4. The monoisotopic (exact) mass is 233 g/mol. The molecule has 1 aliphatic heterocycles. The molecular formula is C13H19N3O. The molecule has 17 heavy (non-hydrogen) atoms. The van der Waals surface area contributed by atoms with E-state index in [4.69, 9.17) is 5.73 Å². The highest BCUT2D eigenvalue weighted by Gasteiger charge is 2.20. The fraction of sp³-hybridized carbons (Fsp3) is 0.462. The zero-order valence-electron chi connectivity index (χ0n) is 10.4. The van der Waals surface area contributed by atoms with Crippen LogP contribution in [0.25, 0.3) is 0 Å². The summed E-state index contributed by atoms with van der Waals surface area (Å²) in [5.41, 5.74) is 9.76. The van der Waals surface area contributed by atoms with Crippen LogP contribution in [0.15, 0.2) is 12.1 Å². The Bertz CT molecular complexity index is 443. The summed E-state index contributed by atoms with van der Waals surface area (Å²) >= 11 is 0. The number of carbonyl (C=O) groups is 1. The molecule has 4 nitrogen and oxygen atoms in total. The summed E-state index contributed by atoms with van der Waals surface area (Å²) < 4.78 is 0. The van der Waals surface area contributed by atoms with Crippen LogP contribution in [0.1, 0.15) is 25.8 Å². The van der Waals surface area contributed by atoms with Gasteiger partial charge in [-0.3, -0.25) is 4.79 Å². The first-order valence-electron chi connectivity index (χ1n) is 6.12. The molecule has 1 aromatic carbocycles. The third kappa shape index (κ3) is 2.20. The summed E-state index contributed by atoms with van der Waals surface area (Å²) in [4.78, 5) is 13.6. The average Bonchev–Trinajstić information content (AvgIpc) is 2.64. The topological polar surface area (TPSA) is 58.4 Å². The maximum absolute atomic E-state index is 11.3. The molecule has 0 atom stereocenters. The maximum Gasteiger partial charge on any atom is 0.228 e. The third-order valence-electron chi connectivity index (χ3n) is 3.09. The second kappa shape index (κ2) is 4.65. The fourth-order valence-corrected chi connectivity index (χ4v) is 2.27. The summed E-state index contributed by atoms with van der Waals surface area (Å²) in [5.74, 6) is 0.0510. The summed E-state index contributed by atoms with van der Waals surface area (Å²) in [6.07, 6.45) is 1.52. The van der Waals surface area contributed by atoms with Crippen molar-refractivity contribution in [3.05, 3.63) is 17.7 Å². The van der Waals surface area contributed by atoms with Crippen LogP contribution in [0.3, 0.4) is 0 Å². The molecule has 0 bridgehead atoms. The van der Waals surface area contributed by atoms with E-state index in [0.717, 1.165) is 42.1 Å². The van der Waals surface area contributed by atoms with Crippen LogP contribution < -0.4 is 16.0 Å². The van der Waals surface area contributed by atoms with Crippen molar-refractivity contribution in [1.82, 2.24) is 0 Å². The molecular weight excluding hydrogens is 214 g/mol. The van der Waals surface area contributed by atoms with Gasteiger partial charge in [0, 0.05) is 18.8 Å². The van der Waals surface area contributed by atoms with Crippen LogP contribution in [-0.2, 0) is 11.2 Å².